The first-order valence-corrected chi connectivity index (χ1v) is 8.59. The van der Waals surface area contributed by atoms with E-state index in [0.29, 0.717) is 17.1 Å². The van der Waals surface area contributed by atoms with Crippen molar-refractivity contribution in [3.05, 3.63) is 53.0 Å². The normalized spacial score (nSPS) is 11.3. The third-order valence-electron chi connectivity index (χ3n) is 3.36. The maximum Gasteiger partial charge on any atom is 0.418 e. The van der Waals surface area contributed by atoms with Gasteiger partial charge in [0.15, 0.2) is 0 Å². The van der Waals surface area contributed by atoms with Crippen LogP contribution in [-0.4, -0.2) is 24.7 Å². The molecule has 0 saturated heterocycles. The Labute approximate surface area is 151 Å². The number of halogens is 3. The fourth-order valence-electron chi connectivity index (χ4n) is 2.20. The number of thioether (sulfide) groups is 1. The summed E-state index contributed by atoms with van der Waals surface area (Å²) in [6, 6.07) is 6.29. The lowest BCUT2D eigenvalue weighted by Crippen LogP contribution is -2.18. The maximum atomic E-state index is 12.9. The van der Waals surface area contributed by atoms with Gasteiger partial charge in [-0.3, -0.25) is 4.79 Å². The van der Waals surface area contributed by atoms with Crippen LogP contribution in [0.4, 0.5) is 18.9 Å². The smallest absolute Gasteiger partial charge is 0.418 e. The summed E-state index contributed by atoms with van der Waals surface area (Å²) in [6.45, 7) is 1.61. The number of esters is 1. The van der Waals surface area contributed by atoms with Gasteiger partial charge in [-0.15, -0.1) is 11.8 Å². The Balaban J connectivity index is 1.92. The molecule has 1 heterocycles. The van der Waals surface area contributed by atoms with Gasteiger partial charge < -0.3 is 14.5 Å². The van der Waals surface area contributed by atoms with Crippen molar-refractivity contribution in [2.24, 2.45) is 0 Å². The van der Waals surface area contributed by atoms with Crippen molar-refractivity contribution in [1.82, 2.24) is 0 Å². The number of para-hydroxylation sites is 1. The predicted molar refractivity (Wildman–Crippen MR) is 91.0 cm³/mol. The molecule has 5 nitrogen and oxygen atoms in total. The van der Waals surface area contributed by atoms with Gasteiger partial charge in [0.25, 0.3) is 0 Å². The molecule has 0 saturated carbocycles. The van der Waals surface area contributed by atoms with Gasteiger partial charge in [-0.1, -0.05) is 12.1 Å². The average Bonchev–Trinajstić information content (AvgIpc) is 2.94. The van der Waals surface area contributed by atoms with Crippen LogP contribution in [0.2, 0.25) is 0 Å². The maximum absolute atomic E-state index is 12.9. The number of methoxy groups -OCH3 is 1. The standard InChI is InChI=1S/C17H16F3NO4S/c1-10-12(16(23)24-2)7-11(25-10)8-26-9-15(22)21-14-6-4-3-5-13(14)17(18,19)20/h3-7H,8-9H2,1-2H3,(H,21,22). The lowest BCUT2D eigenvalue weighted by atomic mass is 10.1. The first-order valence-electron chi connectivity index (χ1n) is 7.43. The summed E-state index contributed by atoms with van der Waals surface area (Å²) in [5, 5.41) is 2.26. The van der Waals surface area contributed by atoms with Crippen molar-refractivity contribution in [1.29, 1.82) is 0 Å². The molecule has 9 heteroatoms. The molecule has 0 bridgehead atoms. The molecule has 0 aliphatic heterocycles. The van der Waals surface area contributed by atoms with E-state index in [1.54, 1.807) is 6.92 Å². The van der Waals surface area contributed by atoms with Crippen molar-refractivity contribution >= 4 is 29.3 Å². The summed E-state index contributed by atoms with van der Waals surface area (Å²) in [5.41, 5.74) is -0.887. The fraction of sp³-hybridized carbons (Fsp3) is 0.294. The van der Waals surface area contributed by atoms with E-state index in [4.69, 9.17) is 4.42 Å². The molecule has 1 N–H and O–H groups in total. The minimum Gasteiger partial charge on any atom is -0.465 e. The summed E-state index contributed by atoms with van der Waals surface area (Å²) in [7, 11) is 1.26. The Morgan fingerprint density at radius 2 is 1.96 bits per heavy atom. The zero-order valence-corrected chi connectivity index (χ0v) is 14.8. The number of hydrogen-bond donors (Lipinski definition) is 1. The van der Waals surface area contributed by atoms with Gasteiger partial charge >= 0.3 is 12.1 Å². The number of ether oxygens (including phenoxy) is 1. The van der Waals surface area contributed by atoms with Gasteiger partial charge in [0.1, 0.15) is 17.1 Å². The molecule has 0 unspecified atom stereocenters. The van der Waals surface area contributed by atoms with Crippen LogP contribution in [0.1, 0.15) is 27.4 Å². The Hall–Kier alpha value is -2.42. The number of carbonyl (C=O) groups excluding carboxylic acids is 2. The predicted octanol–water partition coefficient (Wildman–Crippen LogP) is 4.27. The molecule has 2 rings (SSSR count). The molecule has 26 heavy (non-hydrogen) atoms. The molecular weight excluding hydrogens is 371 g/mol. The number of furan rings is 1. The Morgan fingerprint density at radius 3 is 2.62 bits per heavy atom. The minimum atomic E-state index is -4.55. The fourth-order valence-corrected chi connectivity index (χ4v) is 2.90. The second kappa shape index (κ2) is 8.31. The van der Waals surface area contributed by atoms with Crippen molar-refractivity contribution in [2.45, 2.75) is 18.9 Å². The van der Waals surface area contributed by atoms with Crippen molar-refractivity contribution in [3.8, 4) is 0 Å². The minimum absolute atomic E-state index is 0.0699. The largest absolute Gasteiger partial charge is 0.465 e. The summed E-state index contributed by atoms with van der Waals surface area (Å²) in [5.74, 6) is -0.00867. The van der Waals surface area contributed by atoms with Crippen molar-refractivity contribution in [2.75, 3.05) is 18.2 Å². The van der Waals surface area contributed by atoms with Crippen LogP contribution in [-0.2, 0) is 21.5 Å². The average molecular weight is 387 g/mol. The zero-order valence-electron chi connectivity index (χ0n) is 14.0. The molecule has 0 radical (unpaired) electrons. The molecule has 1 amide bonds. The molecule has 0 spiro atoms. The van der Waals surface area contributed by atoms with E-state index < -0.39 is 23.6 Å². The Kier molecular flexibility index (Phi) is 6.36. The van der Waals surface area contributed by atoms with E-state index in [9.17, 15) is 22.8 Å². The number of alkyl halides is 3. The summed E-state index contributed by atoms with van der Waals surface area (Å²) < 4.78 is 48.7. The molecule has 0 atom stereocenters. The van der Waals surface area contributed by atoms with Crippen LogP contribution < -0.4 is 5.32 Å². The second-order valence-electron chi connectivity index (χ2n) is 5.26. The highest BCUT2D eigenvalue weighted by atomic mass is 32.2. The van der Waals surface area contributed by atoms with Gasteiger partial charge in [-0.25, -0.2) is 4.79 Å². The number of benzene rings is 1. The van der Waals surface area contributed by atoms with Gasteiger partial charge in [-0.2, -0.15) is 13.2 Å². The highest BCUT2D eigenvalue weighted by Crippen LogP contribution is 2.34. The van der Waals surface area contributed by atoms with E-state index in [-0.39, 0.29) is 17.2 Å². The van der Waals surface area contributed by atoms with Crippen LogP contribution in [0.3, 0.4) is 0 Å². The van der Waals surface area contributed by atoms with E-state index in [1.807, 2.05) is 0 Å². The monoisotopic (exact) mass is 387 g/mol. The second-order valence-corrected chi connectivity index (χ2v) is 6.24. The number of aryl methyl sites for hydroxylation is 1. The number of amides is 1. The topological polar surface area (TPSA) is 68.5 Å². The van der Waals surface area contributed by atoms with Crippen molar-refractivity contribution in [3.63, 3.8) is 0 Å². The van der Waals surface area contributed by atoms with E-state index >= 15 is 0 Å². The molecule has 1 aromatic carbocycles. The van der Waals surface area contributed by atoms with E-state index in [1.165, 1.54) is 31.4 Å². The quantitative estimate of drug-likeness (QED) is 0.750. The number of anilines is 1. The molecular formula is C17H16F3NO4S. The third-order valence-corrected chi connectivity index (χ3v) is 4.31. The number of rotatable bonds is 6. The third kappa shape index (κ3) is 5.04. The number of carbonyl (C=O) groups is 2. The van der Waals surface area contributed by atoms with Crippen LogP contribution in [0.5, 0.6) is 0 Å². The van der Waals surface area contributed by atoms with E-state index in [2.05, 4.69) is 10.1 Å². The summed E-state index contributed by atoms with van der Waals surface area (Å²) in [6.07, 6.45) is -4.55. The van der Waals surface area contributed by atoms with Crippen LogP contribution >= 0.6 is 11.8 Å². The lowest BCUT2D eigenvalue weighted by Gasteiger charge is -2.13. The first kappa shape index (κ1) is 19.9. The number of nitrogens with one attached hydrogen (secondary N) is 1. The Bertz CT molecular complexity index is 802. The van der Waals surface area contributed by atoms with Gasteiger partial charge in [0, 0.05) is 0 Å². The van der Waals surface area contributed by atoms with E-state index in [0.717, 1.165) is 17.8 Å². The van der Waals surface area contributed by atoms with Crippen molar-refractivity contribution < 1.29 is 31.9 Å². The molecule has 1 aromatic heterocycles. The van der Waals surface area contributed by atoms with Crippen LogP contribution in [0, 0.1) is 6.92 Å². The lowest BCUT2D eigenvalue weighted by molar-refractivity contribution is -0.137. The first-order chi connectivity index (χ1) is 12.2. The van der Waals surface area contributed by atoms with Crippen LogP contribution in [0.25, 0.3) is 0 Å². The highest BCUT2D eigenvalue weighted by Gasteiger charge is 2.33. The molecule has 2 aromatic rings. The highest BCUT2D eigenvalue weighted by molar-refractivity contribution is 7.99. The zero-order chi connectivity index (χ0) is 19.3. The summed E-state index contributed by atoms with van der Waals surface area (Å²) in [4.78, 5) is 23.4. The molecule has 0 aliphatic carbocycles. The summed E-state index contributed by atoms with van der Waals surface area (Å²) >= 11 is 1.15. The van der Waals surface area contributed by atoms with Gasteiger partial charge in [0.2, 0.25) is 5.91 Å². The van der Waals surface area contributed by atoms with Crippen LogP contribution in [0.15, 0.2) is 34.7 Å². The SMILES string of the molecule is COC(=O)c1cc(CSCC(=O)Nc2ccccc2C(F)(F)F)oc1C. The van der Waals surface area contributed by atoms with Gasteiger partial charge in [-0.05, 0) is 25.1 Å². The molecule has 0 aliphatic rings. The number of hydrogen-bond acceptors (Lipinski definition) is 5. The molecule has 0 fully saturated rings. The van der Waals surface area contributed by atoms with Gasteiger partial charge in [0.05, 0.1) is 29.9 Å². The Morgan fingerprint density at radius 1 is 1.27 bits per heavy atom. The molecule has 140 valence electrons.